The summed E-state index contributed by atoms with van der Waals surface area (Å²) in [5.74, 6) is 0.120. The van der Waals surface area contributed by atoms with Gasteiger partial charge in [-0.05, 0) is 22.0 Å². The van der Waals surface area contributed by atoms with E-state index >= 15 is 0 Å². The number of hydrogen-bond acceptors (Lipinski definition) is 7. The topological polar surface area (TPSA) is 124 Å². The molecule has 3 N–H and O–H groups in total. The Morgan fingerprint density at radius 3 is 2.78 bits per heavy atom. The van der Waals surface area contributed by atoms with Gasteiger partial charge in [-0.25, -0.2) is 18.1 Å². The van der Waals surface area contributed by atoms with Crippen LogP contribution in [0.2, 0.25) is 0 Å². The summed E-state index contributed by atoms with van der Waals surface area (Å²) >= 11 is 3.12. The van der Waals surface area contributed by atoms with Gasteiger partial charge in [0.25, 0.3) is 10.0 Å². The predicted octanol–water partition coefficient (Wildman–Crippen LogP) is 0.919. The van der Waals surface area contributed by atoms with Gasteiger partial charge >= 0.3 is 6.01 Å². The third-order valence-corrected chi connectivity index (χ3v) is 3.67. The van der Waals surface area contributed by atoms with Gasteiger partial charge in [0.1, 0.15) is 10.7 Å². The molecule has 0 aliphatic heterocycles. The summed E-state index contributed by atoms with van der Waals surface area (Å²) in [5.41, 5.74) is 5.52. The number of halogens is 1. The van der Waals surface area contributed by atoms with E-state index in [-0.39, 0.29) is 22.6 Å². The van der Waals surface area contributed by atoms with Crippen molar-refractivity contribution in [1.29, 1.82) is 0 Å². The summed E-state index contributed by atoms with van der Waals surface area (Å²) in [4.78, 5) is 3.56. The number of hydrogen-bond donors (Lipinski definition) is 2. The van der Waals surface area contributed by atoms with Crippen molar-refractivity contribution in [2.24, 2.45) is 0 Å². The summed E-state index contributed by atoms with van der Waals surface area (Å²) in [6, 6.07) is 1.10. The third-order valence-electron chi connectivity index (χ3n) is 1.89. The molecule has 0 unspecified atom stereocenters. The fourth-order valence-electron chi connectivity index (χ4n) is 1.15. The van der Waals surface area contributed by atoms with Crippen LogP contribution in [0.4, 0.5) is 11.8 Å². The first kappa shape index (κ1) is 12.8. The zero-order valence-electron chi connectivity index (χ0n) is 9.08. The molecule has 0 radical (unpaired) electrons. The molecule has 2 aromatic rings. The van der Waals surface area contributed by atoms with E-state index in [0.29, 0.717) is 4.47 Å². The highest BCUT2D eigenvalue weighted by molar-refractivity contribution is 9.10. The van der Waals surface area contributed by atoms with Gasteiger partial charge in [-0.2, -0.15) is 0 Å². The van der Waals surface area contributed by atoms with Crippen molar-refractivity contribution >= 4 is 37.8 Å². The van der Waals surface area contributed by atoms with E-state index in [1.807, 2.05) is 0 Å². The van der Waals surface area contributed by atoms with Crippen LogP contribution in [0.5, 0.6) is 0 Å². The largest absolute Gasteiger partial charge is 0.408 e. The fourth-order valence-corrected chi connectivity index (χ4v) is 2.67. The zero-order chi connectivity index (χ0) is 13.3. The molecule has 8 nitrogen and oxygen atoms in total. The lowest BCUT2D eigenvalue weighted by molar-refractivity contribution is 0.534. The second-order valence-corrected chi connectivity index (χ2v) is 5.84. The van der Waals surface area contributed by atoms with Crippen LogP contribution < -0.4 is 10.5 Å². The number of aryl methyl sites for hydroxylation is 1. The molecular weight excluding hydrogens is 326 g/mol. The minimum absolute atomic E-state index is 0.123. The molecular formula is C8H8BrN5O3S. The molecule has 0 atom stereocenters. The van der Waals surface area contributed by atoms with Crippen molar-refractivity contribution in [1.82, 2.24) is 15.2 Å². The molecule has 0 aromatic carbocycles. The van der Waals surface area contributed by atoms with Crippen molar-refractivity contribution in [3.63, 3.8) is 0 Å². The first-order chi connectivity index (χ1) is 8.38. The average Bonchev–Trinajstić information content (AvgIpc) is 2.66. The molecule has 2 rings (SSSR count). The number of pyridine rings is 1. The van der Waals surface area contributed by atoms with Gasteiger partial charge in [0.2, 0.25) is 5.89 Å². The van der Waals surface area contributed by atoms with Crippen molar-refractivity contribution in [3.05, 3.63) is 22.6 Å². The van der Waals surface area contributed by atoms with Gasteiger partial charge in [0, 0.05) is 17.6 Å². The Bertz CT molecular complexity index is 684. The maximum Gasteiger partial charge on any atom is 0.329 e. The standard InChI is InChI=1S/C8H8BrN5O3S/c1-4-12-13-8(17-4)14-18(15,16)6-2-5(9)3-11-7(6)10/h2-3H,1H3,(H2,10,11)(H,13,14). The van der Waals surface area contributed by atoms with Gasteiger partial charge in [-0.1, -0.05) is 5.10 Å². The molecule has 2 aromatic heterocycles. The number of anilines is 2. The average molecular weight is 334 g/mol. The Morgan fingerprint density at radius 2 is 2.17 bits per heavy atom. The van der Waals surface area contributed by atoms with Crippen molar-refractivity contribution in [3.8, 4) is 0 Å². The van der Waals surface area contributed by atoms with Crippen LogP contribution in [0, 0.1) is 6.92 Å². The van der Waals surface area contributed by atoms with Gasteiger partial charge in [-0.3, -0.25) is 0 Å². The van der Waals surface area contributed by atoms with E-state index in [0.717, 1.165) is 0 Å². The maximum absolute atomic E-state index is 12.0. The van der Waals surface area contributed by atoms with E-state index in [9.17, 15) is 8.42 Å². The highest BCUT2D eigenvalue weighted by Crippen LogP contribution is 2.22. The smallest absolute Gasteiger partial charge is 0.329 e. The lowest BCUT2D eigenvalue weighted by Crippen LogP contribution is -2.15. The van der Waals surface area contributed by atoms with E-state index in [4.69, 9.17) is 10.2 Å². The minimum atomic E-state index is -3.92. The number of aromatic nitrogens is 3. The molecule has 2 heterocycles. The van der Waals surface area contributed by atoms with E-state index < -0.39 is 10.0 Å². The lowest BCUT2D eigenvalue weighted by Gasteiger charge is -2.06. The van der Waals surface area contributed by atoms with Crippen LogP contribution in [-0.2, 0) is 10.0 Å². The SMILES string of the molecule is Cc1nnc(NS(=O)(=O)c2cc(Br)cnc2N)o1. The van der Waals surface area contributed by atoms with Crippen molar-refractivity contribution in [2.75, 3.05) is 10.5 Å². The Kier molecular flexibility index (Phi) is 3.22. The second kappa shape index (κ2) is 4.53. The highest BCUT2D eigenvalue weighted by atomic mass is 79.9. The molecule has 0 aliphatic carbocycles. The zero-order valence-corrected chi connectivity index (χ0v) is 11.5. The summed E-state index contributed by atoms with van der Waals surface area (Å²) in [6.07, 6.45) is 1.39. The molecule has 0 saturated heterocycles. The van der Waals surface area contributed by atoms with Gasteiger partial charge < -0.3 is 10.2 Å². The monoisotopic (exact) mass is 333 g/mol. The van der Waals surface area contributed by atoms with Crippen molar-refractivity contribution in [2.45, 2.75) is 11.8 Å². The van der Waals surface area contributed by atoms with Crippen LogP contribution in [0.15, 0.2) is 26.0 Å². The number of nitrogens with zero attached hydrogens (tertiary/aromatic N) is 3. The molecule has 18 heavy (non-hydrogen) atoms. The molecule has 0 fully saturated rings. The summed E-state index contributed by atoms with van der Waals surface area (Å²) in [6.45, 7) is 1.54. The molecule has 0 bridgehead atoms. The quantitative estimate of drug-likeness (QED) is 0.855. The van der Waals surface area contributed by atoms with E-state index in [1.165, 1.54) is 12.3 Å². The third kappa shape index (κ3) is 2.59. The second-order valence-electron chi connectivity index (χ2n) is 3.27. The Balaban J connectivity index is 2.39. The molecule has 0 amide bonds. The minimum Gasteiger partial charge on any atom is -0.408 e. The van der Waals surface area contributed by atoms with E-state index in [2.05, 4.69) is 35.8 Å². The van der Waals surface area contributed by atoms with Crippen LogP contribution >= 0.6 is 15.9 Å². The van der Waals surface area contributed by atoms with E-state index in [1.54, 1.807) is 6.92 Å². The Labute approximate surface area is 111 Å². The summed E-state index contributed by atoms with van der Waals surface area (Å²) in [5, 5.41) is 7.03. The van der Waals surface area contributed by atoms with Crippen LogP contribution in [0.3, 0.4) is 0 Å². The summed E-state index contributed by atoms with van der Waals surface area (Å²) < 4.78 is 31.5. The highest BCUT2D eigenvalue weighted by Gasteiger charge is 2.21. The number of sulfonamides is 1. The number of rotatable bonds is 3. The lowest BCUT2D eigenvalue weighted by atomic mass is 10.5. The molecule has 0 saturated carbocycles. The first-order valence-corrected chi connectivity index (χ1v) is 6.90. The number of nitrogens with two attached hydrogens (primary N) is 1. The fraction of sp³-hybridized carbons (Fsp3) is 0.125. The molecule has 0 aliphatic rings. The van der Waals surface area contributed by atoms with Crippen LogP contribution in [0.1, 0.15) is 5.89 Å². The molecule has 10 heteroatoms. The van der Waals surface area contributed by atoms with Gasteiger partial charge in [-0.15, -0.1) is 5.10 Å². The van der Waals surface area contributed by atoms with Crippen molar-refractivity contribution < 1.29 is 12.8 Å². The van der Waals surface area contributed by atoms with Crippen LogP contribution in [-0.4, -0.2) is 23.6 Å². The van der Waals surface area contributed by atoms with Crippen LogP contribution in [0.25, 0.3) is 0 Å². The van der Waals surface area contributed by atoms with Gasteiger partial charge in [0.05, 0.1) is 0 Å². The predicted molar refractivity (Wildman–Crippen MR) is 66.2 cm³/mol. The number of nitrogens with one attached hydrogen (secondary N) is 1. The Hall–Kier alpha value is -1.68. The van der Waals surface area contributed by atoms with Gasteiger partial charge in [0.15, 0.2) is 0 Å². The summed E-state index contributed by atoms with van der Waals surface area (Å²) in [7, 11) is -3.92. The normalized spacial score (nSPS) is 11.4. The first-order valence-electron chi connectivity index (χ1n) is 4.62. The molecule has 96 valence electrons. The Morgan fingerprint density at radius 1 is 1.44 bits per heavy atom. The molecule has 0 spiro atoms. The number of nitrogen functional groups attached to an aromatic ring is 1. The maximum atomic E-state index is 12.0.